The minimum Gasteiger partial charge on any atom is -0.322 e. The Bertz CT molecular complexity index is 995. The predicted octanol–water partition coefficient (Wildman–Crippen LogP) is 4.33. The second-order valence-corrected chi connectivity index (χ2v) is 6.36. The van der Waals surface area contributed by atoms with Gasteiger partial charge in [0.2, 0.25) is 0 Å². The van der Waals surface area contributed by atoms with Crippen LogP contribution in [-0.2, 0) is 13.1 Å². The fourth-order valence-electron chi connectivity index (χ4n) is 3.10. The Labute approximate surface area is 147 Å². The van der Waals surface area contributed by atoms with Gasteiger partial charge in [-0.2, -0.15) is 0 Å². The van der Waals surface area contributed by atoms with Crippen molar-refractivity contribution < 1.29 is 5.48 Å². The van der Waals surface area contributed by atoms with Crippen LogP contribution in [-0.4, -0.2) is 27.5 Å². The molecule has 4 heteroatoms. The van der Waals surface area contributed by atoms with E-state index < -0.39 is 0 Å². The van der Waals surface area contributed by atoms with Crippen LogP contribution < -0.4 is 0 Å². The molecule has 0 saturated carbocycles. The smallest absolute Gasteiger partial charge is 0.124 e. The van der Waals surface area contributed by atoms with Gasteiger partial charge in [0.25, 0.3) is 0 Å². The molecule has 0 aliphatic carbocycles. The summed E-state index contributed by atoms with van der Waals surface area (Å²) in [7, 11) is 0. The molecule has 1 saturated heterocycles. The number of para-hydroxylation sites is 2. The van der Waals surface area contributed by atoms with Crippen LogP contribution in [0.25, 0.3) is 11.0 Å². The van der Waals surface area contributed by atoms with Crippen molar-refractivity contribution in [3.63, 3.8) is 0 Å². The SMILES string of the molecule is [2H]c1c([2H])c([2H])c2c(nc(CN3CCCC3)n2Cc2ccc(Cl)cc2)c1[2H]. The first kappa shape index (κ1) is 10.8. The van der Waals surface area contributed by atoms with Crippen molar-refractivity contribution >= 4 is 22.6 Å². The van der Waals surface area contributed by atoms with Gasteiger partial charge in [-0.3, -0.25) is 4.90 Å². The Balaban J connectivity index is 1.87. The van der Waals surface area contributed by atoms with Crippen LogP contribution in [0.1, 0.15) is 29.7 Å². The lowest BCUT2D eigenvalue weighted by Gasteiger charge is -2.16. The van der Waals surface area contributed by atoms with Crippen LogP contribution >= 0.6 is 11.6 Å². The van der Waals surface area contributed by atoms with E-state index in [2.05, 4.69) is 9.88 Å². The van der Waals surface area contributed by atoms with Gasteiger partial charge in [-0.15, -0.1) is 0 Å². The zero-order valence-electron chi connectivity index (χ0n) is 16.8. The standard InChI is InChI=1S/C19H20ClN3/c20-16-9-7-15(8-10-16)13-23-18-6-2-1-5-17(18)21-19(23)14-22-11-3-4-12-22/h1-2,5-10H,3-4,11-14H2/i1D,2D,5D,6D. The molecule has 0 spiro atoms. The molecule has 118 valence electrons. The lowest BCUT2D eigenvalue weighted by atomic mass is 10.2. The summed E-state index contributed by atoms with van der Waals surface area (Å²) in [5, 5.41) is 0.661. The molecule has 3 aromatic rings. The molecule has 1 aliphatic heterocycles. The Morgan fingerprint density at radius 3 is 2.57 bits per heavy atom. The molecule has 2 aromatic carbocycles. The normalized spacial score (nSPS) is 18.0. The van der Waals surface area contributed by atoms with Crippen LogP contribution in [0.15, 0.2) is 48.4 Å². The summed E-state index contributed by atoms with van der Waals surface area (Å²) in [6.07, 6.45) is 2.33. The monoisotopic (exact) mass is 329 g/mol. The van der Waals surface area contributed by atoms with Gasteiger partial charge >= 0.3 is 0 Å². The fraction of sp³-hybridized carbons (Fsp3) is 0.316. The quantitative estimate of drug-likeness (QED) is 0.710. The Kier molecular flexibility index (Phi) is 2.99. The van der Waals surface area contributed by atoms with Gasteiger partial charge in [-0.1, -0.05) is 35.8 Å². The molecule has 2 heterocycles. The molecule has 0 amide bonds. The topological polar surface area (TPSA) is 21.1 Å². The highest BCUT2D eigenvalue weighted by Gasteiger charge is 2.17. The van der Waals surface area contributed by atoms with Crippen LogP contribution in [0, 0.1) is 0 Å². The molecule has 0 N–H and O–H groups in total. The molecule has 1 fully saturated rings. The van der Waals surface area contributed by atoms with Crippen molar-refractivity contribution in [3.05, 3.63) is 64.8 Å². The summed E-state index contributed by atoms with van der Waals surface area (Å²) in [5.41, 5.74) is 1.81. The van der Waals surface area contributed by atoms with Gasteiger partial charge in [0.15, 0.2) is 0 Å². The van der Waals surface area contributed by atoms with Crippen molar-refractivity contribution in [2.45, 2.75) is 25.9 Å². The van der Waals surface area contributed by atoms with Crippen molar-refractivity contribution in [2.24, 2.45) is 0 Å². The maximum absolute atomic E-state index is 8.38. The van der Waals surface area contributed by atoms with Crippen molar-refractivity contribution in [1.82, 2.24) is 14.5 Å². The number of rotatable bonds is 4. The zero-order valence-corrected chi connectivity index (χ0v) is 13.5. The van der Waals surface area contributed by atoms with Gasteiger partial charge < -0.3 is 4.57 Å². The van der Waals surface area contributed by atoms with Gasteiger partial charge in [0.1, 0.15) is 5.82 Å². The van der Waals surface area contributed by atoms with Crippen molar-refractivity contribution in [1.29, 1.82) is 0 Å². The summed E-state index contributed by atoms with van der Waals surface area (Å²) in [6.45, 7) is 3.15. The molecule has 1 aliphatic rings. The first-order valence-corrected chi connectivity index (χ1v) is 8.25. The van der Waals surface area contributed by atoms with Gasteiger partial charge in [-0.05, 0) is 55.7 Å². The number of fused-ring (bicyclic) bond motifs is 1. The largest absolute Gasteiger partial charge is 0.322 e. The average molecular weight is 330 g/mol. The van der Waals surface area contributed by atoms with E-state index in [1.807, 2.05) is 28.8 Å². The minimum atomic E-state index is -0.239. The zero-order chi connectivity index (χ0) is 19.1. The molecule has 3 nitrogen and oxygen atoms in total. The molecular weight excluding hydrogens is 306 g/mol. The first-order chi connectivity index (χ1) is 13.0. The molecule has 0 bridgehead atoms. The number of halogens is 1. The third-order valence-electron chi connectivity index (χ3n) is 4.29. The van der Waals surface area contributed by atoms with Crippen LogP contribution in [0.4, 0.5) is 0 Å². The Morgan fingerprint density at radius 2 is 1.78 bits per heavy atom. The maximum atomic E-state index is 8.38. The summed E-state index contributed by atoms with van der Waals surface area (Å²) >= 11 is 5.99. The highest BCUT2D eigenvalue weighted by Crippen LogP contribution is 2.21. The Hall–Kier alpha value is -1.84. The summed E-state index contributed by atoms with van der Waals surface area (Å²) < 4.78 is 34.5. The Morgan fingerprint density at radius 1 is 1.04 bits per heavy atom. The number of imidazole rings is 1. The van der Waals surface area contributed by atoms with Crippen LogP contribution in [0.2, 0.25) is 5.02 Å². The lowest BCUT2D eigenvalue weighted by molar-refractivity contribution is 0.318. The van der Waals surface area contributed by atoms with E-state index in [1.54, 1.807) is 0 Å². The van der Waals surface area contributed by atoms with Gasteiger partial charge in [0, 0.05) is 11.6 Å². The van der Waals surface area contributed by atoms with E-state index >= 15 is 0 Å². The highest BCUT2D eigenvalue weighted by molar-refractivity contribution is 6.30. The van der Waals surface area contributed by atoms with Crippen LogP contribution in [0.3, 0.4) is 0 Å². The van der Waals surface area contributed by atoms with Gasteiger partial charge in [-0.25, -0.2) is 4.98 Å². The number of aromatic nitrogens is 2. The molecule has 1 aromatic heterocycles. The van der Waals surface area contributed by atoms with Crippen molar-refractivity contribution in [3.8, 4) is 0 Å². The number of hydrogen-bond donors (Lipinski definition) is 0. The average Bonchev–Trinajstić information content (AvgIpc) is 3.29. The number of hydrogen-bond acceptors (Lipinski definition) is 2. The van der Waals surface area contributed by atoms with E-state index in [0.717, 1.165) is 24.5 Å². The number of nitrogens with zero attached hydrogens (tertiary/aromatic N) is 3. The molecule has 0 atom stereocenters. The van der Waals surface area contributed by atoms with E-state index in [4.69, 9.17) is 17.1 Å². The van der Waals surface area contributed by atoms with E-state index in [1.165, 1.54) is 12.8 Å². The second-order valence-electron chi connectivity index (χ2n) is 5.92. The molecule has 0 radical (unpaired) electrons. The molecule has 0 unspecified atom stereocenters. The third kappa shape index (κ3) is 3.12. The molecule has 23 heavy (non-hydrogen) atoms. The third-order valence-corrected chi connectivity index (χ3v) is 4.54. The minimum absolute atomic E-state index is 0.0415. The van der Waals surface area contributed by atoms with E-state index in [9.17, 15) is 0 Å². The van der Waals surface area contributed by atoms with Crippen LogP contribution in [0.5, 0.6) is 0 Å². The number of benzene rings is 2. The molecule has 4 rings (SSSR count). The predicted molar refractivity (Wildman–Crippen MR) is 94.8 cm³/mol. The maximum Gasteiger partial charge on any atom is 0.124 e. The highest BCUT2D eigenvalue weighted by atomic mass is 35.5. The summed E-state index contributed by atoms with van der Waals surface area (Å²) in [5.74, 6) is 0.772. The molecular formula is C19H20ClN3. The second kappa shape index (κ2) is 6.34. The number of likely N-dealkylation sites (tertiary alicyclic amines) is 1. The summed E-state index contributed by atoms with van der Waals surface area (Å²) in [4.78, 5) is 6.95. The van der Waals surface area contributed by atoms with Gasteiger partial charge in [0.05, 0.1) is 23.1 Å². The lowest BCUT2D eigenvalue weighted by Crippen LogP contribution is -2.21. The van der Waals surface area contributed by atoms with E-state index in [0.29, 0.717) is 29.1 Å². The van der Waals surface area contributed by atoms with Crippen molar-refractivity contribution in [2.75, 3.05) is 13.1 Å². The first-order valence-electron chi connectivity index (χ1n) is 9.88. The van der Waals surface area contributed by atoms with E-state index in [-0.39, 0.29) is 24.2 Å². The fourth-order valence-corrected chi connectivity index (χ4v) is 3.22. The summed E-state index contributed by atoms with van der Waals surface area (Å²) in [6, 6.07) is 6.92.